The number of aromatic amines is 1. The Hall–Kier alpha value is -0.800. The second kappa shape index (κ2) is 6.06. The molecular formula is C13H23N3. The molecule has 0 spiro atoms. The summed E-state index contributed by atoms with van der Waals surface area (Å²) in [4.78, 5) is 5.65. The van der Waals surface area contributed by atoms with Crippen molar-refractivity contribution < 1.29 is 0 Å². The van der Waals surface area contributed by atoms with Crippen molar-refractivity contribution in [1.29, 1.82) is 0 Å². The van der Waals surface area contributed by atoms with Crippen LogP contribution in [0, 0.1) is 5.92 Å². The summed E-state index contributed by atoms with van der Waals surface area (Å²) in [5, 5.41) is 3.48. The van der Waals surface area contributed by atoms with Crippen molar-refractivity contribution in [2.75, 3.05) is 26.2 Å². The molecular weight excluding hydrogens is 198 g/mol. The highest BCUT2D eigenvalue weighted by molar-refractivity contribution is 5.07. The molecule has 0 unspecified atom stereocenters. The minimum Gasteiger partial charge on any atom is -0.367 e. The number of rotatable bonds is 5. The van der Waals surface area contributed by atoms with Gasteiger partial charge in [-0.3, -0.25) is 0 Å². The van der Waals surface area contributed by atoms with E-state index in [4.69, 9.17) is 0 Å². The van der Waals surface area contributed by atoms with E-state index in [0.29, 0.717) is 0 Å². The Labute approximate surface area is 98.2 Å². The summed E-state index contributed by atoms with van der Waals surface area (Å²) in [6, 6.07) is 2.12. The van der Waals surface area contributed by atoms with Gasteiger partial charge in [0, 0.05) is 32.0 Å². The molecule has 0 atom stereocenters. The number of likely N-dealkylation sites (tertiary alicyclic amines) is 1. The molecule has 1 aliphatic heterocycles. The molecule has 1 saturated heterocycles. The fourth-order valence-corrected chi connectivity index (χ4v) is 2.22. The van der Waals surface area contributed by atoms with Crippen LogP contribution in [0.5, 0.6) is 0 Å². The molecule has 0 saturated carbocycles. The second-order valence-corrected chi connectivity index (χ2v) is 4.92. The maximum absolute atomic E-state index is 3.48. The number of piperidine rings is 1. The van der Waals surface area contributed by atoms with Gasteiger partial charge in [0.15, 0.2) is 0 Å². The van der Waals surface area contributed by atoms with Gasteiger partial charge in [-0.15, -0.1) is 0 Å². The largest absolute Gasteiger partial charge is 0.367 e. The lowest BCUT2D eigenvalue weighted by Crippen LogP contribution is -2.37. The average molecular weight is 221 g/mol. The molecule has 0 amide bonds. The van der Waals surface area contributed by atoms with E-state index in [1.165, 1.54) is 38.0 Å². The Kier molecular flexibility index (Phi) is 4.43. The van der Waals surface area contributed by atoms with Crippen LogP contribution in [-0.4, -0.2) is 36.1 Å². The van der Waals surface area contributed by atoms with Gasteiger partial charge in [0.25, 0.3) is 0 Å². The molecule has 1 aromatic rings. The number of nitrogens with one attached hydrogen (secondary N) is 2. The quantitative estimate of drug-likeness (QED) is 0.743. The van der Waals surface area contributed by atoms with Gasteiger partial charge in [-0.05, 0) is 43.5 Å². The van der Waals surface area contributed by atoms with Gasteiger partial charge >= 0.3 is 0 Å². The highest BCUT2D eigenvalue weighted by atomic mass is 15.1. The van der Waals surface area contributed by atoms with Crippen LogP contribution in [0.4, 0.5) is 0 Å². The van der Waals surface area contributed by atoms with Gasteiger partial charge < -0.3 is 15.2 Å². The molecule has 1 aromatic heterocycles. The Morgan fingerprint density at radius 1 is 1.44 bits per heavy atom. The standard InChI is InChI=1S/C13H23N3/c1-12-3-7-16(8-4-12)9-6-15-11-13-2-5-14-10-13/h2,5,10,12,14-15H,3-4,6-9,11H2,1H3. The fourth-order valence-electron chi connectivity index (χ4n) is 2.22. The zero-order valence-electron chi connectivity index (χ0n) is 10.2. The normalized spacial score (nSPS) is 19.1. The number of nitrogens with zero attached hydrogens (tertiary/aromatic N) is 1. The third-order valence-electron chi connectivity index (χ3n) is 3.47. The van der Waals surface area contributed by atoms with Gasteiger partial charge in [-0.2, -0.15) is 0 Å². The van der Waals surface area contributed by atoms with Gasteiger partial charge in [0.05, 0.1) is 0 Å². The zero-order chi connectivity index (χ0) is 11.2. The van der Waals surface area contributed by atoms with E-state index in [-0.39, 0.29) is 0 Å². The molecule has 3 heteroatoms. The molecule has 0 radical (unpaired) electrons. The van der Waals surface area contributed by atoms with Crippen molar-refractivity contribution in [3.63, 3.8) is 0 Å². The van der Waals surface area contributed by atoms with E-state index in [9.17, 15) is 0 Å². The minimum absolute atomic E-state index is 0.934. The highest BCUT2D eigenvalue weighted by Crippen LogP contribution is 2.15. The average Bonchev–Trinajstić information content (AvgIpc) is 2.80. The predicted octanol–water partition coefficient (Wildman–Crippen LogP) is 1.84. The van der Waals surface area contributed by atoms with Crippen molar-refractivity contribution >= 4 is 0 Å². The van der Waals surface area contributed by atoms with Crippen LogP contribution in [0.2, 0.25) is 0 Å². The number of aromatic nitrogens is 1. The number of hydrogen-bond donors (Lipinski definition) is 2. The lowest BCUT2D eigenvalue weighted by Gasteiger charge is -2.30. The molecule has 3 nitrogen and oxygen atoms in total. The van der Waals surface area contributed by atoms with Crippen LogP contribution >= 0.6 is 0 Å². The van der Waals surface area contributed by atoms with E-state index in [0.717, 1.165) is 19.0 Å². The summed E-state index contributed by atoms with van der Waals surface area (Å²) < 4.78 is 0. The van der Waals surface area contributed by atoms with Crippen LogP contribution in [-0.2, 0) is 6.54 Å². The van der Waals surface area contributed by atoms with Crippen molar-refractivity contribution in [2.45, 2.75) is 26.3 Å². The van der Waals surface area contributed by atoms with Gasteiger partial charge in [0.2, 0.25) is 0 Å². The number of H-pyrrole nitrogens is 1. The van der Waals surface area contributed by atoms with Gasteiger partial charge in [0.1, 0.15) is 0 Å². The molecule has 2 N–H and O–H groups in total. The van der Waals surface area contributed by atoms with E-state index in [2.05, 4.69) is 34.4 Å². The van der Waals surface area contributed by atoms with Gasteiger partial charge in [-0.25, -0.2) is 0 Å². The molecule has 2 heterocycles. The van der Waals surface area contributed by atoms with Crippen LogP contribution in [0.3, 0.4) is 0 Å². The topological polar surface area (TPSA) is 31.1 Å². The van der Waals surface area contributed by atoms with E-state index < -0.39 is 0 Å². The van der Waals surface area contributed by atoms with E-state index in [1.54, 1.807) is 0 Å². The molecule has 16 heavy (non-hydrogen) atoms. The molecule has 90 valence electrons. The summed E-state index contributed by atoms with van der Waals surface area (Å²) in [6.07, 6.45) is 6.77. The van der Waals surface area contributed by atoms with Crippen LogP contribution in [0.25, 0.3) is 0 Å². The summed E-state index contributed by atoms with van der Waals surface area (Å²) in [5.74, 6) is 0.934. The van der Waals surface area contributed by atoms with E-state index in [1.807, 2.05) is 6.20 Å². The highest BCUT2D eigenvalue weighted by Gasteiger charge is 2.14. The molecule has 2 rings (SSSR count). The summed E-state index contributed by atoms with van der Waals surface area (Å²) in [5.41, 5.74) is 1.34. The van der Waals surface area contributed by atoms with Gasteiger partial charge in [-0.1, -0.05) is 6.92 Å². The Morgan fingerprint density at radius 3 is 2.94 bits per heavy atom. The maximum Gasteiger partial charge on any atom is 0.0220 e. The first-order chi connectivity index (χ1) is 7.84. The molecule has 1 fully saturated rings. The molecule has 1 aliphatic rings. The van der Waals surface area contributed by atoms with Crippen molar-refractivity contribution in [3.05, 3.63) is 24.0 Å². The monoisotopic (exact) mass is 221 g/mol. The maximum atomic E-state index is 3.48. The van der Waals surface area contributed by atoms with Crippen LogP contribution in [0.15, 0.2) is 18.5 Å². The first-order valence-electron chi connectivity index (χ1n) is 6.39. The lowest BCUT2D eigenvalue weighted by molar-refractivity contribution is 0.193. The number of hydrogen-bond acceptors (Lipinski definition) is 2. The van der Waals surface area contributed by atoms with Crippen molar-refractivity contribution in [2.24, 2.45) is 5.92 Å². The third kappa shape index (κ3) is 3.65. The summed E-state index contributed by atoms with van der Waals surface area (Å²) in [7, 11) is 0. The molecule has 0 bridgehead atoms. The zero-order valence-corrected chi connectivity index (χ0v) is 10.2. The Morgan fingerprint density at radius 2 is 2.25 bits per heavy atom. The van der Waals surface area contributed by atoms with E-state index >= 15 is 0 Å². The predicted molar refractivity (Wildman–Crippen MR) is 67.3 cm³/mol. The summed E-state index contributed by atoms with van der Waals surface area (Å²) >= 11 is 0. The van der Waals surface area contributed by atoms with Crippen LogP contribution < -0.4 is 5.32 Å². The first kappa shape index (κ1) is 11.7. The smallest absolute Gasteiger partial charge is 0.0220 e. The first-order valence-corrected chi connectivity index (χ1v) is 6.39. The van der Waals surface area contributed by atoms with Crippen LogP contribution in [0.1, 0.15) is 25.3 Å². The van der Waals surface area contributed by atoms with Crippen molar-refractivity contribution in [1.82, 2.24) is 15.2 Å². The Balaban J connectivity index is 1.55. The SMILES string of the molecule is CC1CCN(CCNCc2cc[nH]c2)CC1. The second-order valence-electron chi connectivity index (χ2n) is 4.92. The Bertz CT molecular complexity index is 273. The summed E-state index contributed by atoms with van der Waals surface area (Å²) in [6.45, 7) is 8.20. The fraction of sp³-hybridized carbons (Fsp3) is 0.692. The third-order valence-corrected chi connectivity index (χ3v) is 3.47. The lowest BCUT2D eigenvalue weighted by atomic mass is 9.99. The minimum atomic E-state index is 0.934. The molecule has 0 aliphatic carbocycles. The molecule has 0 aromatic carbocycles. The van der Waals surface area contributed by atoms with Crippen molar-refractivity contribution in [3.8, 4) is 0 Å².